The van der Waals surface area contributed by atoms with Crippen LogP contribution in [0, 0.1) is 5.41 Å². The number of anilines is 1. The monoisotopic (exact) mass is 491 g/mol. The highest BCUT2D eigenvalue weighted by molar-refractivity contribution is 6.09. The number of imidazole rings is 1. The number of ether oxygens (including phenoxy) is 2. The van der Waals surface area contributed by atoms with E-state index in [0.717, 1.165) is 48.1 Å². The smallest absolute Gasteiger partial charge is 0.345 e. The number of carbonyl (C=O) groups is 2. The average molecular weight is 492 g/mol. The molecule has 1 fully saturated rings. The zero-order valence-corrected chi connectivity index (χ0v) is 21.0. The number of aryl methyl sites for hydroxylation is 1. The van der Waals surface area contributed by atoms with Crippen LogP contribution < -0.4 is 10.6 Å². The quantitative estimate of drug-likeness (QED) is 0.205. The largest absolute Gasteiger partial charge is 0.464 e. The number of fused-ring (bicyclic) bond motifs is 1. The number of benzene rings is 2. The molecule has 0 bridgehead atoms. The Bertz CT molecular complexity index is 1260. The summed E-state index contributed by atoms with van der Waals surface area (Å²) in [5.74, 6) is -0.177. The van der Waals surface area contributed by atoms with Crippen molar-refractivity contribution < 1.29 is 19.1 Å². The van der Waals surface area contributed by atoms with Crippen molar-refractivity contribution in [1.82, 2.24) is 9.55 Å². The van der Waals surface area contributed by atoms with Gasteiger partial charge >= 0.3 is 5.97 Å². The second kappa shape index (κ2) is 10.9. The van der Waals surface area contributed by atoms with Crippen molar-refractivity contribution in [2.75, 3.05) is 18.6 Å². The molecule has 0 radical (unpaired) electrons. The predicted molar refractivity (Wildman–Crippen MR) is 138 cm³/mol. The molecule has 1 aliphatic rings. The number of nitrogen functional groups attached to an aromatic ring is 1. The van der Waals surface area contributed by atoms with Gasteiger partial charge in [0.1, 0.15) is 11.7 Å². The molecular weight excluding hydrogens is 458 g/mol. The van der Waals surface area contributed by atoms with Crippen molar-refractivity contribution >= 4 is 34.4 Å². The lowest BCUT2D eigenvalue weighted by atomic mass is 10.1. The number of hydrogen-bond acceptors (Lipinski definition) is 6. The van der Waals surface area contributed by atoms with Gasteiger partial charge in [-0.3, -0.25) is 10.2 Å². The summed E-state index contributed by atoms with van der Waals surface area (Å²) in [4.78, 5) is 32.5. The van der Waals surface area contributed by atoms with Crippen molar-refractivity contribution in [3.63, 3.8) is 0 Å². The number of rotatable bonds is 9. The number of hydrogen-bond donors (Lipinski definition) is 2. The number of aromatic nitrogens is 2. The molecule has 0 aliphatic heterocycles. The van der Waals surface area contributed by atoms with E-state index in [4.69, 9.17) is 25.6 Å². The van der Waals surface area contributed by atoms with E-state index in [1.165, 1.54) is 7.11 Å². The normalized spacial score (nSPS) is 14.6. The van der Waals surface area contributed by atoms with Gasteiger partial charge < -0.3 is 24.7 Å². The lowest BCUT2D eigenvalue weighted by Gasteiger charge is -2.31. The fourth-order valence-electron chi connectivity index (χ4n) is 4.85. The van der Waals surface area contributed by atoms with Crippen LogP contribution in [0.25, 0.3) is 11.0 Å². The number of nitrogens with one attached hydrogen (secondary N) is 1. The molecule has 36 heavy (non-hydrogen) atoms. The third-order valence-corrected chi connectivity index (χ3v) is 6.75. The van der Waals surface area contributed by atoms with Crippen LogP contribution in [0.4, 0.5) is 5.69 Å². The molecule has 1 heterocycles. The summed E-state index contributed by atoms with van der Waals surface area (Å²) in [6, 6.07) is 13.3. The summed E-state index contributed by atoms with van der Waals surface area (Å²) >= 11 is 0. The van der Waals surface area contributed by atoms with E-state index >= 15 is 0 Å². The van der Waals surface area contributed by atoms with Crippen LogP contribution in [-0.2, 0) is 32.5 Å². The molecule has 4 rings (SSSR count). The van der Waals surface area contributed by atoms with Crippen LogP contribution in [0.15, 0.2) is 42.5 Å². The summed E-state index contributed by atoms with van der Waals surface area (Å²) in [5, 5.41) is 7.56. The molecule has 190 valence electrons. The molecule has 1 unspecified atom stereocenters. The Morgan fingerprint density at radius 2 is 1.89 bits per heavy atom. The van der Waals surface area contributed by atoms with Gasteiger partial charge in [-0.2, -0.15) is 0 Å². The lowest BCUT2D eigenvalue weighted by molar-refractivity contribution is -0.159. The maximum Gasteiger partial charge on any atom is 0.345 e. The van der Waals surface area contributed by atoms with Gasteiger partial charge in [-0.15, -0.1) is 0 Å². The van der Waals surface area contributed by atoms with Gasteiger partial charge in [-0.25, -0.2) is 9.78 Å². The number of nitrogens with zero attached hydrogens (tertiary/aromatic N) is 3. The van der Waals surface area contributed by atoms with Crippen LogP contribution in [0.3, 0.4) is 0 Å². The third kappa shape index (κ3) is 5.11. The van der Waals surface area contributed by atoms with Crippen molar-refractivity contribution in [2.45, 2.75) is 51.2 Å². The molecule has 1 aliphatic carbocycles. The van der Waals surface area contributed by atoms with Crippen LogP contribution >= 0.6 is 0 Å². The zero-order chi connectivity index (χ0) is 25.8. The minimum absolute atomic E-state index is 0.00926. The van der Waals surface area contributed by atoms with Crippen molar-refractivity contribution in [1.29, 1.82) is 5.41 Å². The molecule has 2 aromatic carbocycles. The van der Waals surface area contributed by atoms with Gasteiger partial charge in [0.05, 0.1) is 17.6 Å². The van der Waals surface area contributed by atoms with Gasteiger partial charge in [0.25, 0.3) is 5.91 Å². The molecule has 1 atom stereocenters. The van der Waals surface area contributed by atoms with Crippen LogP contribution in [0.5, 0.6) is 0 Å². The second-order valence-electron chi connectivity index (χ2n) is 9.06. The number of carbonyl (C=O) groups excluding carboxylic acids is 2. The molecule has 1 saturated carbocycles. The number of amidine groups is 1. The zero-order valence-electron chi connectivity index (χ0n) is 21.0. The summed E-state index contributed by atoms with van der Waals surface area (Å²) < 4.78 is 12.4. The number of nitrogens with two attached hydrogens (primary N) is 1. The Kier molecular flexibility index (Phi) is 7.69. The summed E-state index contributed by atoms with van der Waals surface area (Å²) in [6.45, 7) is 1.88. The number of amides is 1. The highest BCUT2D eigenvalue weighted by Crippen LogP contribution is 2.32. The molecule has 9 heteroatoms. The third-order valence-electron chi connectivity index (χ3n) is 6.75. The Hall–Kier alpha value is -3.72. The second-order valence-corrected chi connectivity index (χ2v) is 9.06. The highest BCUT2D eigenvalue weighted by atomic mass is 16.6. The lowest BCUT2D eigenvalue weighted by Crippen LogP contribution is -2.49. The van der Waals surface area contributed by atoms with E-state index in [1.807, 2.05) is 54.1 Å². The molecule has 9 nitrogen and oxygen atoms in total. The predicted octanol–water partition coefficient (Wildman–Crippen LogP) is 3.30. The van der Waals surface area contributed by atoms with E-state index in [1.54, 1.807) is 11.8 Å². The Labute approximate surface area is 210 Å². The van der Waals surface area contributed by atoms with Gasteiger partial charge in [-0.05, 0) is 43.5 Å². The van der Waals surface area contributed by atoms with Crippen molar-refractivity contribution in [3.8, 4) is 0 Å². The Balaban J connectivity index is 1.66. The van der Waals surface area contributed by atoms with Crippen molar-refractivity contribution in [2.24, 2.45) is 12.8 Å². The summed E-state index contributed by atoms with van der Waals surface area (Å²) in [7, 11) is 3.32. The van der Waals surface area contributed by atoms with E-state index < -0.39 is 18.0 Å². The van der Waals surface area contributed by atoms with Crippen LogP contribution in [0.2, 0.25) is 0 Å². The molecule has 0 saturated heterocycles. The fourth-order valence-corrected chi connectivity index (χ4v) is 4.85. The van der Waals surface area contributed by atoms with E-state index in [9.17, 15) is 9.59 Å². The first kappa shape index (κ1) is 25.4. The molecule has 3 N–H and O–H groups in total. The van der Waals surface area contributed by atoms with Crippen molar-refractivity contribution in [3.05, 3.63) is 59.4 Å². The van der Waals surface area contributed by atoms with Gasteiger partial charge in [0.15, 0.2) is 0 Å². The summed E-state index contributed by atoms with van der Waals surface area (Å²) in [5.41, 5.74) is 9.71. The van der Waals surface area contributed by atoms with Gasteiger partial charge in [0, 0.05) is 37.9 Å². The van der Waals surface area contributed by atoms with Crippen LogP contribution in [-0.4, -0.2) is 53.1 Å². The first-order valence-electron chi connectivity index (χ1n) is 12.2. The summed E-state index contributed by atoms with van der Waals surface area (Å²) in [6.07, 6.45) is 3.10. The van der Waals surface area contributed by atoms with E-state index in [-0.39, 0.29) is 18.5 Å². The van der Waals surface area contributed by atoms with Gasteiger partial charge in [-0.1, -0.05) is 37.1 Å². The minimum Gasteiger partial charge on any atom is -0.464 e. The molecule has 1 amide bonds. The Morgan fingerprint density at radius 1 is 1.19 bits per heavy atom. The Morgan fingerprint density at radius 3 is 2.50 bits per heavy atom. The van der Waals surface area contributed by atoms with E-state index in [0.29, 0.717) is 17.7 Å². The molecule has 3 aromatic rings. The maximum absolute atomic E-state index is 13.6. The molecule has 1 aromatic heterocycles. The minimum atomic E-state index is -1.31. The number of esters is 1. The molecular formula is C27H33N5O4. The highest BCUT2D eigenvalue weighted by Gasteiger charge is 2.37. The number of methoxy groups -OCH3 is 1. The van der Waals surface area contributed by atoms with E-state index in [2.05, 4.69) is 0 Å². The van der Waals surface area contributed by atoms with Gasteiger partial charge in [0.2, 0.25) is 6.10 Å². The fraction of sp³-hybridized carbons (Fsp3) is 0.407. The molecule has 0 spiro atoms. The standard InChI is InChI=1S/C27H33N5O4/c1-4-36-27(34)24(35-3)26(33)32(19-7-5-6-8-19)20-13-14-22-21(16-20)30-23(31(22)2)15-17-9-11-18(12-10-17)25(28)29/h9-14,16,19,24H,4-8,15H2,1-3H3,(H3,28,29). The van der Waals surface area contributed by atoms with Crippen LogP contribution in [0.1, 0.15) is 49.6 Å². The SMILES string of the molecule is CCOC(=O)C(OC)C(=O)N(c1ccc2c(c1)nc(Cc1ccc(C(=N)N)cc1)n2C)C1CCCC1. The average Bonchev–Trinajstić information content (AvgIpc) is 3.49. The topological polar surface area (TPSA) is 124 Å². The first-order chi connectivity index (χ1) is 17.3. The maximum atomic E-state index is 13.6. The first-order valence-corrected chi connectivity index (χ1v) is 12.2.